The second-order valence-corrected chi connectivity index (χ2v) is 5.42. The lowest BCUT2D eigenvalue weighted by Crippen LogP contribution is -2.37. The van der Waals surface area contributed by atoms with Gasteiger partial charge in [0.15, 0.2) is 0 Å². The lowest BCUT2D eigenvalue weighted by Gasteiger charge is -2.18. The molecule has 1 aliphatic heterocycles. The number of para-hydroxylation sites is 1. The minimum absolute atomic E-state index is 0.0807. The smallest absolute Gasteiger partial charge is 0.332 e. The Kier molecular flexibility index (Phi) is 3.78. The molecule has 1 aliphatic rings. The summed E-state index contributed by atoms with van der Waals surface area (Å²) in [4.78, 5) is 12.5. The first-order valence-electron chi connectivity index (χ1n) is 6.91. The number of rotatable bonds is 4. The molecule has 0 radical (unpaired) electrons. The molecule has 0 unspecified atom stereocenters. The summed E-state index contributed by atoms with van der Waals surface area (Å²) in [6.07, 6.45) is -2.55. The van der Waals surface area contributed by atoms with Crippen molar-refractivity contribution >= 4 is 16.8 Å². The number of likely N-dealkylation sites (tertiary alicyclic amines) is 1. The van der Waals surface area contributed by atoms with Crippen LogP contribution in [-0.4, -0.2) is 46.3 Å². The van der Waals surface area contributed by atoms with Gasteiger partial charge in [-0.1, -0.05) is 18.2 Å². The zero-order chi connectivity index (χ0) is 15.7. The first-order chi connectivity index (χ1) is 10.4. The lowest BCUT2D eigenvalue weighted by molar-refractivity contribution is -0.157. The quantitative estimate of drug-likeness (QED) is 0.905. The summed E-state index contributed by atoms with van der Waals surface area (Å²) < 4.78 is 37.1. The summed E-state index contributed by atoms with van der Waals surface area (Å²) >= 11 is 0. The fourth-order valence-electron chi connectivity index (χ4n) is 2.71. The van der Waals surface area contributed by atoms with Crippen molar-refractivity contribution in [1.29, 1.82) is 0 Å². The van der Waals surface area contributed by atoms with E-state index in [2.05, 4.69) is 15.5 Å². The standard InChI is InChI=1S/C14H15F3N4O/c15-14(16,17)8-21-7-11(4-12(21)22)18-5-9-2-1-3-10-6-19-20-13(9)10/h1-3,6,11,18H,4-5,7-8H2,(H,19,20)/t11-/m1/s1. The molecule has 1 aromatic carbocycles. The van der Waals surface area contributed by atoms with Gasteiger partial charge < -0.3 is 10.2 Å². The zero-order valence-electron chi connectivity index (χ0n) is 11.7. The fraction of sp³-hybridized carbons (Fsp3) is 0.429. The van der Waals surface area contributed by atoms with Gasteiger partial charge in [0, 0.05) is 30.9 Å². The number of carbonyl (C=O) groups is 1. The zero-order valence-corrected chi connectivity index (χ0v) is 11.7. The number of H-pyrrole nitrogens is 1. The number of halogens is 3. The molecule has 1 amide bonds. The molecule has 1 atom stereocenters. The third kappa shape index (κ3) is 3.22. The van der Waals surface area contributed by atoms with Gasteiger partial charge in [-0.3, -0.25) is 9.89 Å². The van der Waals surface area contributed by atoms with Gasteiger partial charge in [0.1, 0.15) is 6.54 Å². The van der Waals surface area contributed by atoms with Crippen molar-refractivity contribution in [1.82, 2.24) is 20.4 Å². The van der Waals surface area contributed by atoms with E-state index in [0.717, 1.165) is 21.4 Å². The third-order valence-corrected chi connectivity index (χ3v) is 3.73. The molecule has 2 N–H and O–H groups in total. The predicted octanol–water partition coefficient (Wildman–Crippen LogP) is 1.82. The molecule has 1 saturated heterocycles. The summed E-state index contributed by atoms with van der Waals surface area (Å²) in [5, 5.41) is 11.0. The maximum absolute atomic E-state index is 12.4. The monoisotopic (exact) mass is 312 g/mol. The summed E-state index contributed by atoms with van der Waals surface area (Å²) in [6.45, 7) is -0.630. The number of fused-ring (bicyclic) bond motifs is 1. The van der Waals surface area contributed by atoms with E-state index in [9.17, 15) is 18.0 Å². The highest BCUT2D eigenvalue weighted by Gasteiger charge is 2.38. The molecule has 1 fully saturated rings. The van der Waals surface area contributed by atoms with Gasteiger partial charge in [0.05, 0.1) is 11.7 Å². The number of carbonyl (C=O) groups excluding carboxylic acids is 1. The maximum Gasteiger partial charge on any atom is 0.406 e. The molecule has 2 heterocycles. The highest BCUT2D eigenvalue weighted by atomic mass is 19.4. The molecule has 8 heteroatoms. The number of amides is 1. The van der Waals surface area contributed by atoms with E-state index in [-0.39, 0.29) is 19.0 Å². The van der Waals surface area contributed by atoms with Crippen molar-refractivity contribution in [3.05, 3.63) is 30.0 Å². The Balaban J connectivity index is 1.61. The molecule has 0 aliphatic carbocycles. The normalized spacial score (nSPS) is 19.3. The lowest BCUT2D eigenvalue weighted by atomic mass is 10.1. The minimum Gasteiger partial charge on any atom is -0.332 e. The Labute approximate surface area is 124 Å². The highest BCUT2D eigenvalue weighted by Crippen LogP contribution is 2.21. The van der Waals surface area contributed by atoms with Crippen molar-refractivity contribution < 1.29 is 18.0 Å². The first-order valence-corrected chi connectivity index (χ1v) is 6.91. The van der Waals surface area contributed by atoms with Crippen LogP contribution < -0.4 is 5.32 Å². The molecule has 2 aromatic rings. The van der Waals surface area contributed by atoms with Gasteiger partial charge in [0.25, 0.3) is 0 Å². The van der Waals surface area contributed by atoms with Crippen molar-refractivity contribution in [3.8, 4) is 0 Å². The Morgan fingerprint density at radius 3 is 3.00 bits per heavy atom. The van der Waals surface area contributed by atoms with Crippen LogP contribution in [0.4, 0.5) is 13.2 Å². The van der Waals surface area contributed by atoms with Crippen molar-refractivity contribution in [2.75, 3.05) is 13.1 Å². The number of nitrogens with zero attached hydrogens (tertiary/aromatic N) is 2. The van der Waals surface area contributed by atoms with E-state index in [1.807, 2.05) is 18.2 Å². The second-order valence-electron chi connectivity index (χ2n) is 5.42. The van der Waals surface area contributed by atoms with Crippen LogP contribution in [-0.2, 0) is 11.3 Å². The van der Waals surface area contributed by atoms with Gasteiger partial charge in [-0.15, -0.1) is 0 Å². The molecule has 118 valence electrons. The number of aromatic amines is 1. The van der Waals surface area contributed by atoms with Crippen LogP contribution in [0, 0.1) is 0 Å². The fourth-order valence-corrected chi connectivity index (χ4v) is 2.71. The van der Waals surface area contributed by atoms with Crippen LogP contribution >= 0.6 is 0 Å². The first kappa shape index (κ1) is 14.8. The Morgan fingerprint density at radius 2 is 2.23 bits per heavy atom. The summed E-state index contributed by atoms with van der Waals surface area (Å²) in [7, 11) is 0. The summed E-state index contributed by atoms with van der Waals surface area (Å²) in [5.74, 6) is -0.463. The molecular formula is C14H15F3N4O. The molecule has 0 saturated carbocycles. The summed E-state index contributed by atoms with van der Waals surface area (Å²) in [5.41, 5.74) is 1.86. The molecule has 3 rings (SSSR count). The Bertz CT molecular complexity index is 682. The number of benzene rings is 1. The number of nitrogens with one attached hydrogen (secondary N) is 2. The highest BCUT2D eigenvalue weighted by molar-refractivity contribution is 5.81. The number of alkyl halides is 3. The average Bonchev–Trinajstić information content (AvgIpc) is 3.02. The van der Waals surface area contributed by atoms with Crippen LogP contribution in [0.25, 0.3) is 10.9 Å². The number of hydrogen-bond acceptors (Lipinski definition) is 3. The van der Waals surface area contributed by atoms with Crippen molar-refractivity contribution in [3.63, 3.8) is 0 Å². The van der Waals surface area contributed by atoms with Crippen LogP contribution in [0.2, 0.25) is 0 Å². The van der Waals surface area contributed by atoms with Crippen molar-refractivity contribution in [2.24, 2.45) is 0 Å². The largest absolute Gasteiger partial charge is 0.406 e. The molecular weight excluding hydrogens is 297 g/mol. The van der Waals surface area contributed by atoms with Gasteiger partial charge >= 0.3 is 6.18 Å². The number of aromatic nitrogens is 2. The molecule has 0 bridgehead atoms. The van der Waals surface area contributed by atoms with Gasteiger partial charge in [-0.25, -0.2) is 0 Å². The van der Waals surface area contributed by atoms with Crippen LogP contribution in [0.15, 0.2) is 24.4 Å². The topological polar surface area (TPSA) is 61.0 Å². The average molecular weight is 312 g/mol. The molecule has 22 heavy (non-hydrogen) atoms. The van der Waals surface area contributed by atoms with Gasteiger partial charge in [-0.05, 0) is 5.56 Å². The van der Waals surface area contributed by atoms with Crippen LogP contribution in [0.3, 0.4) is 0 Å². The molecule has 1 aromatic heterocycles. The summed E-state index contributed by atoms with van der Waals surface area (Å²) in [6, 6.07) is 5.46. The van der Waals surface area contributed by atoms with E-state index in [4.69, 9.17) is 0 Å². The Hall–Kier alpha value is -2.09. The van der Waals surface area contributed by atoms with Crippen molar-refractivity contribution in [2.45, 2.75) is 25.2 Å². The van der Waals surface area contributed by atoms with E-state index in [0.29, 0.717) is 6.54 Å². The van der Waals surface area contributed by atoms with Gasteiger partial charge in [-0.2, -0.15) is 18.3 Å². The van der Waals surface area contributed by atoms with E-state index < -0.39 is 18.6 Å². The predicted molar refractivity (Wildman–Crippen MR) is 74.0 cm³/mol. The second kappa shape index (κ2) is 5.60. The molecule has 5 nitrogen and oxygen atoms in total. The third-order valence-electron chi connectivity index (χ3n) is 3.73. The minimum atomic E-state index is -4.36. The van der Waals surface area contributed by atoms with E-state index in [1.165, 1.54) is 0 Å². The van der Waals surface area contributed by atoms with Crippen LogP contribution in [0.5, 0.6) is 0 Å². The van der Waals surface area contributed by atoms with Gasteiger partial charge in [0.2, 0.25) is 5.91 Å². The SMILES string of the molecule is O=C1C[C@@H](NCc2cccc3cn[nH]c23)CN1CC(F)(F)F. The van der Waals surface area contributed by atoms with E-state index in [1.54, 1.807) is 6.20 Å². The maximum atomic E-state index is 12.4. The Morgan fingerprint density at radius 1 is 1.41 bits per heavy atom. The van der Waals surface area contributed by atoms with Crippen LogP contribution in [0.1, 0.15) is 12.0 Å². The molecule has 0 spiro atoms. The number of hydrogen-bond donors (Lipinski definition) is 2. The van der Waals surface area contributed by atoms with E-state index >= 15 is 0 Å².